The fourth-order valence-corrected chi connectivity index (χ4v) is 1.84. The van der Waals surface area contributed by atoms with E-state index in [9.17, 15) is 4.79 Å². The number of aromatic nitrogens is 1. The first-order chi connectivity index (χ1) is 10.2. The fraction of sp³-hybridized carbons (Fsp3) is 0.533. The average Bonchev–Trinajstić information content (AvgIpc) is 2.48. The highest BCUT2D eigenvalue weighted by atomic mass is 16.2. The summed E-state index contributed by atoms with van der Waals surface area (Å²) in [6, 6.07) is 5.27. The Kier molecular flexibility index (Phi) is 8.59. The van der Waals surface area contributed by atoms with E-state index < -0.39 is 6.03 Å². The van der Waals surface area contributed by atoms with E-state index in [1.54, 1.807) is 6.20 Å². The van der Waals surface area contributed by atoms with Crippen LogP contribution in [0.1, 0.15) is 38.3 Å². The molecule has 0 aromatic carbocycles. The molecule has 116 valence electrons. The van der Waals surface area contributed by atoms with Crippen LogP contribution in [0.2, 0.25) is 0 Å². The van der Waals surface area contributed by atoms with Gasteiger partial charge in [-0.15, -0.1) is 0 Å². The molecule has 6 heteroatoms. The number of aryl methyl sites for hydroxylation is 1. The van der Waals surface area contributed by atoms with Crippen molar-refractivity contribution in [3.63, 3.8) is 0 Å². The summed E-state index contributed by atoms with van der Waals surface area (Å²) >= 11 is 0. The van der Waals surface area contributed by atoms with E-state index in [2.05, 4.69) is 27.5 Å². The molecule has 2 amide bonds. The van der Waals surface area contributed by atoms with E-state index in [1.807, 2.05) is 18.2 Å². The number of urea groups is 1. The number of primary amides is 1. The quantitative estimate of drug-likeness (QED) is 0.387. The molecule has 0 saturated heterocycles. The molecule has 4 N–H and O–H groups in total. The number of carbonyl (C=O) groups is 1. The molecule has 0 atom stereocenters. The standard InChI is InChI=1S/C15H25N5O/c1-2-3-5-11-18-15(20-14(16)21)19-12-7-9-13-8-4-6-10-17-13/h4,6,8,10H,2-3,5,7,9,11-12H2,1H3,(H4,16,18,19,20,21). The number of unbranched alkanes of at least 4 members (excludes halogenated alkanes) is 2. The summed E-state index contributed by atoms with van der Waals surface area (Å²) in [5, 5.41) is 5.62. The van der Waals surface area contributed by atoms with E-state index in [0.717, 1.165) is 44.3 Å². The Morgan fingerprint density at radius 1 is 1.33 bits per heavy atom. The van der Waals surface area contributed by atoms with Gasteiger partial charge in [-0.25, -0.2) is 4.79 Å². The van der Waals surface area contributed by atoms with E-state index in [-0.39, 0.29) is 0 Å². The Morgan fingerprint density at radius 2 is 2.19 bits per heavy atom. The van der Waals surface area contributed by atoms with Crippen LogP contribution in [0.4, 0.5) is 4.79 Å². The number of rotatable bonds is 8. The zero-order valence-corrected chi connectivity index (χ0v) is 12.6. The third kappa shape index (κ3) is 8.62. The average molecular weight is 291 g/mol. The largest absolute Gasteiger partial charge is 0.356 e. The van der Waals surface area contributed by atoms with Crippen molar-refractivity contribution in [1.29, 1.82) is 0 Å². The second kappa shape index (κ2) is 10.7. The van der Waals surface area contributed by atoms with Crippen LogP contribution in [0, 0.1) is 0 Å². The van der Waals surface area contributed by atoms with Gasteiger partial charge in [0.25, 0.3) is 0 Å². The van der Waals surface area contributed by atoms with Gasteiger partial charge in [-0.2, -0.15) is 0 Å². The molecule has 1 aromatic rings. The molecule has 0 unspecified atom stereocenters. The molecule has 0 fully saturated rings. The SMILES string of the molecule is CCCCCNC(=NCCCc1ccccn1)NC(N)=O. The molecule has 0 aliphatic rings. The molecule has 1 aromatic heterocycles. The highest BCUT2D eigenvalue weighted by molar-refractivity contribution is 5.95. The molecule has 0 aliphatic carbocycles. The van der Waals surface area contributed by atoms with Crippen molar-refractivity contribution in [3.05, 3.63) is 30.1 Å². The molecule has 1 heterocycles. The predicted octanol–water partition coefficient (Wildman–Crippen LogP) is 1.82. The molecule has 0 saturated carbocycles. The van der Waals surface area contributed by atoms with Crippen molar-refractivity contribution < 1.29 is 4.79 Å². The normalized spacial score (nSPS) is 11.2. The lowest BCUT2D eigenvalue weighted by Gasteiger charge is -2.09. The highest BCUT2D eigenvalue weighted by Gasteiger charge is 2.01. The second-order valence-corrected chi connectivity index (χ2v) is 4.78. The lowest BCUT2D eigenvalue weighted by atomic mass is 10.2. The summed E-state index contributed by atoms with van der Waals surface area (Å²) in [6.07, 6.45) is 6.87. The fourth-order valence-electron chi connectivity index (χ4n) is 1.84. The van der Waals surface area contributed by atoms with Crippen molar-refractivity contribution in [2.75, 3.05) is 13.1 Å². The van der Waals surface area contributed by atoms with Gasteiger partial charge >= 0.3 is 6.03 Å². The van der Waals surface area contributed by atoms with Gasteiger partial charge in [0, 0.05) is 25.0 Å². The van der Waals surface area contributed by atoms with Crippen molar-refractivity contribution in [2.45, 2.75) is 39.0 Å². The number of guanidine groups is 1. The molecule has 1 rings (SSSR count). The monoisotopic (exact) mass is 291 g/mol. The van der Waals surface area contributed by atoms with Gasteiger partial charge in [-0.05, 0) is 31.4 Å². The maximum Gasteiger partial charge on any atom is 0.318 e. The van der Waals surface area contributed by atoms with Gasteiger partial charge in [-0.3, -0.25) is 15.3 Å². The van der Waals surface area contributed by atoms with E-state index in [4.69, 9.17) is 5.73 Å². The molecule has 0 aliphatic heterocycles. The van der Waals surface area contributed by atoms with Crippen LogP contribution in [0.3, 0.4) is 0 Å². The second-order valence-electron chi connectivity index (χ2n) is 4.78. The number of nitrogens with one attached hydrogen (secondary N) is 2. The van der Waals surface area contributed by atoms with Crippen molar-refractivity contribution >= 4 is 12.0 Å². The zero-order chi connectivity index (χ0) is 15.3. The van der Waals surface area contributed by atoms with Gasteiger partial charge in [-0.1, -0.05) is 25.8 Å². The topological polar surface area (TPSA) is 92.4 Å². The number of hydrogen-bond acceptors (Lipinski definition) is 3. The highest BCUT2D eigenvalue weighted by Crippen LogP contribution is 1.98. The minimum atomic E-state index is -0.596. The first-order valence-corrected chi connectivity index (χ1v) is 7.47. The van der Waals surface area contributed by atoms with Gasteiger partial charge in [0.15, 0.2) is 5.96 Å². The molecule has 21 heavy (non-hydrogen) atoms. The maximum absolute atomic E-state index is 10.9. The van der Waals surface area contributed by atoms with Crippen LogP contribution in [-0.4, -0.2) is 30.1 Å². The van der Waals surface area contributed by atoms with Gasteiger partial charge in [0.1, 0.15) is 0 Å². The van der Waals surface area contributed by atoms with Crippen LogP contribution in [0.25, 0.3) is 0 Å². The molecule has 0 spiro atoms. The minimum Gasteiger partial charge on any atom is -0.356 e. The Bertz CT molecular complexity index is 433. The van der Waals surface area contributed by atoms with Crippen molar-refractivity contribution in [2.24, 2.45) is 10.7 Å². The van der Waals surface area contributed by atoms with Gasteiger partial charge in [0.2, 0.25) is 0 Å². The maximum atomic E-state index is 10.9. The first kappa shape index (κ1) is 16.9. The molecule has 0 bridgehead atoms. The number of aliphatic imine (C=N–C) groups is 1. The number of pyridine rings is 1. The van der Waals surface area contributed by atoms with Gasteiger partial charge in [0.05, 0.1) is 0 Å². The van der Waals surface area contributed by atoms with Crippen LogP contribution in [-0.2, 0) is 6.42 Å². The zero-order valence-electron chi connectivity index (χ0n) is 12.6. The molecule has 0 radical (unpaired) electrons. The number of nitrogens with two attached hydrogens (primary N) is 1. The first-order valence-electron chi connectivity index (χ1n) is 7.47. The minimum absolute atomic E-state index is 0.458. The van der Waals surface area contributed by atoms with Crippen LogP contribution in [0.15, 0.2) is 29.4 Å². The van der Waals surface area contributed by atoms with Crippen LogP contribution >= 0.6 is 0 Å². The third-order valence-electron chi connectivity index (χ3n) is 2.90. The Morgan fingerprint density at radius 3 is 2.86 bits per heavy atom. The number of hydrogen-bond donors (Lipinski definition) is 3. The van der Waals surface area contributed by atoms with E-state index in [1.165, 1.54) is 0 Å². The lowest BCUT2D eigenvalue weighted by molar-refractivity contribution is 0.253. The number of amides is 2. The van der Waals surface area contributed by atoms with Crippen LogP contribution in [0.5, 0.6) is 0 Å². The summed E-state index contributed by atoms with van der Waals surface area (Å²) in [5.74, 6) is 0.458. The van der Waals surface area contributed by atoms with E-state index >= 15 is 0 Å². The Hall–Kier alpha value is -2.11. The van der Waals surface area contributed by atoms with E-state index in [0.29, 0.717) is 12.5 Å². The summed E-state index contributed by atoms with van der Waals surface area (Å²) in [6.45, 7) is 3.55. The summed E-state index contributed by atoms with van der Waals surface area (Å²) in [7, 11) is 0. The lowest BCUT2D eigenvalue weighted by Crippen LogP contribution is -2.44. The number of carbonyl (C=O) groups excluding carboxylic acids is 1. The molecular weight excluding hydrogens is 266 g/mol. The molecule has 6 nitrogen and oxygen atoms in total. The summed E-state index contributed by atoms with van der Waals surface area (Å²) < 4.78 is 0. The van der Waals surface area contributed by atoms with Crippen molar-refractivity contribution in [1.82, 2.24) is 15.6 Å². The number of nitrogens with zero attached hydrogens (tertiary/aromatic N) is 2. The van der Waals surface area contributed by atoms with Gasteiger partial charge < -0.3 is 11.1 Å². The Labute approximate surface area is 126 Å². The smallest absolute Gasteiger partial charge is 0.318 e. The predicted molar refractivity (Wildman–Crippen MR) is 85.1 cm³/mol. The van der Waals surface area contributed by atoms with Crippen LogP contribution < -0.4 is 16.4 Å². The summed E-state index contributed by atoms with van der Waals surface area (Å²) in [5.41, 5.74) is 6.19. The summed E-state index contributed by atoms with van der Waals surface area (Å²) in [4.78, 5) is 19.5. The van der Waals surface area contributed by atoms with Crippen molar-refractivity contribution in [3.8, 4) is 0 Å². The third-order valence-corrected chi connectivity index (χ3v) is 2.90. The Balaban J connectivity index is 2.33. The molecular formula is C15H25N5O.